The second kappa shape index (κ2) is 27.0. The highest BCUT2D eigenvalue weighted by Crippen LogP contribution is 2.39. The number of hydrogen-bond donors (Lipinski definition) is 8. The third-order valence-electron chi connectivity index (χ3n) is 12.8. The lowest BCUT2D eigenvalue weighted by Gasteiger charge is -2.31. The first-order valence-corrected chi connectivity index (χ1v) is 25.0. The van der Waals surface area contributed by atoms with Crippen LogP contribution in [0.3, 0.4) is 0 Å². The van der Waals surface area contributed by atoms with Crippen LogP contribution < -0.4 is 46.1 Å². The van der Waals surface area contributed by atoms with Crippen LogP contribution in [0.25, 0.3) is 0 Å². The molecule has 2 unspecified atom stereocenters. The summed E-state index contributed by atoms with van der Waals surface area (Å²) < 4.78 is 30.3. The van der Waals surface area contributed by atoms with E-state index in [1.54, 1.807) is 68.6 Å². The molecule has 0 aliphatic carbocycles. The maximum Gasteiger partial charge on any atom is 0.323 e. The van der Waals surface area contributed by atoms with Crippen molar-refractivity contribution in [1.82, 2.24) is 0 Å². The third kappa shape index (κ3) is 16.9. The number of carbonyl (C=O) groups excluding carboxylic acids is 4. The van der Waals surface area contributed by atoms with E-state index in [4.69, 9.17) is 19.5 Å². The van der Waals surface area contributed by atoms with Gasteiger partial charge in [-0.2, -0.15) is 5.26 Å². The Morgan fingerprint density at radius 2 is 1.11 bits per heavy atom. The summed E-state index contributed by atoms with van der Waals surface area (Å²) in [5, 5.41) is 45.4. The van der Waals surface area contributed by atoms with Crippen LogP contribution in [0, 0.1) is 17.1 Å². The van der Waals surface area contributed by atoms with Gasteiger partial charge in [-0.05, 0) is 152 Å². The van der Waals surface area contributed by atoms with Gasteiger partial charge < -0.3 is 56.3 Å². The number of nitrogens with one attached hydrogen (secondary N) is 6. The Bertz CT molecular complexity index is 2980. The summed E-state index contributed by atoms with van der Waals surface area (Å²) in [4.78, 5) is 50.4. The minimum atomic E-state index is -0.795. The first-order chi connectivity index (χ1) is 36.2. The molecule has 400 valence electrons. The number of ether oxygens (including phenoxy) is 3. The Morgan fingerprint density at radius 1 is 0.605 bits per heavy atom. The molecule has 0 aliphatic rings. The van der Waals surface area contributed by atoms with Crippen LogP contribution in [0.4, 0.5) is 48.1 Å². The number of nitrogens with zero attached hydrogens (tertiary/aromatic N) is 1. The summed E-state index contributed by atoms with van der Waals surface area (Å²) in [6.45, 7) is 16.9. The van der Waals surface area contributed by atoms with Crippen molar-refractivity contribution in [1.29, 1.82) is 5.26 Å². The quantitative estimate of drug-likeness (QED) is 0.0337. The molecule has 6 rings (SSSR count). The molecule has 8 N–H and O–H groups in total. The first kappa shape index (κ1) is 58.1. The molecule has 0 heterocycles. The fraction of sp³-hybridized carbons (Fsp3) is 0.305. The maximum absolute atomic E-state index is 13.5. The number of aromatic hydroxyl groups is 2. The molecule has 6 amide bonds. The molecule has 0 radical (unpaired) electrons. The second-order valence-electron chi connectivity index (χ2n) is 19.2. The lowest BCUT2D eigenvalue weighted by molar-refractivity contribution is -0.123. The lowest BCUT2D eigenvalue weighted by atomic mass is 9.76. The summed E-state index contributed by atoms with van der Waals surface area (Å²) >= 11 is 0. The monoisotopic (exact) mass is 1040 g/mol. The number of nitriles is 1. The van der Waals surface area contributed by atoms with Gasteiger partial charge in [0.1, 0.15) is 34.6 Å². The SMILES string of the molecule is CCCCC(Oc1ccc(C(C)(C)CC)cc1C(C)(C)CC)C(=O)Nc1ccc(NC(=O)Nc2ccc(F)cc2)c(O)c1.COc1ccc(OC(C)C(=O)Nc2ccc(NC(=O)Nc3ccc(C#N)cc3)c(O)c2)cc1. The zero-order valence-electron chi connectivity index (χ0n) is 44.4. The summed E-state index contributed by atoms with van der Waals surface area (Å²) in [6, 6.07) is 34.4. The Balaban J connectivity index is 0.000000290. The molecule has 6 aromatic rings. The van der Waals surface area contributed by atoms with Crippen LogP contribution in [0.15, 0.2) is 127 Å². The van der Waals surface area contributed by atoms with Crippen molar-refractivity contribution in [3.8, 4) is 34.8 Å². The van der Waals surface area contributed by atoms with Crippen molar-refractivity contribution in [2.75, 3.05) is 39.0 Å². The zero-order chi connectivity index (χ0) is 55.6. The average molecular weight is 1040 g/mol. The van der Waals surface area contributed by atoms with E-state index < -0.39 is 36.0 Å². The number of amides is 6. The van der Waals surface area contributed by atoms with E-state index >= 15 is 0 Å². The molecule has 0 fully saturated rings. The van der Waals surface area contributed by atoms with E-state index in [-0.39, 0.29) is 39.6 Å². The minimum Gasteiger partial charge on any atom is -0.506 e. The van der Waals surface area contributed by atoms with Crippen LogP contribution in [0.5, 0.6) is 28.7 Å². The number of rotatable bonds is 20. The normalized spacial score (nSPS) is 11.8. The lowest BCUT2D eigenvalue weighted by Crippen LogP contribution is -2.34. The van der Waals surface area contributed by atoms with E-state index in [0.717, 1.165) is 31.2 Å². The predicted molar refractivity (Wildman–Crippen MR) is 296 cm³/mol. The van der Waals surface area contributed by atoms with Gasteiger partial charge in [0, 0.05) is 40.4 Å². The van der Waals surface area contributed by atoms with E-state index in [1.807, 2.05) is 12.1 Å². The van der Waals surface area contributed by atoms with Crippen LogP contribution in [-0.2, 0) is 20.4 Å². The van der Waals surface area contributed by atoms with Crippen LogP contribution in [-0.4, -0.2) is 53.4 Å². The van der Waals surface area contributed by atoms with Crippen molar-refractivity contribution in [3.63, 3.8) is 0 Å². The Labute approximate surface area is 444 Å². The molecular weight excluding hydrogens is 970 g/mol. The highest BCUT2D eigenvalue weighted by Gasteiger charge is 2.29. The number of phenolic OH excluding ortho intramolecular Hbond substituents is 2. The highest BCUT2D eigenvalue weighted by atomic mass is 19.1. The van der Waals surface area contributed by atoms with Crippen LogP contribution in [0.2, 0.25) is 0 Å². The predicted octanol–water partition coefficient (Wildman–Crippen LogP) is 13.4. The van der Waals surface area contributed by atoms with Gasteiger partial charge in [-0.25, -0.2) is 14.0 Å². The minimum absolute atomic E-state index is 0.0146. The van der Waals surface area contributed by atoms with Gasteiger partial charge in [0.2, 0.25) is 0 Å². The number of methoxy groups -OCH3 is 1. The van der Waals surface area contributed by atoms with Crippen LogP contribution >= 0.6 is 0 Å². The molecule has 0 aliphatic heterocycles. The fourth-order valence-electron chi connectivity index (χ4n) is 7.30. The molecule has 76 heavy (non-hydrogen) atoms. The van der Waals surface area contributed by atoms with Gasteiger partial charge in [-0.3, -0.25) is 9.59 Å². The van der Waals surface area contributed by atoms with Gasteiger partial charge in [0.15, 0.2) is 12.2 Å². The van der Waals surface area contributed by atoms with Gasteiger partial charge in [-0.15, -0.1) is 0 Å². The molecule has 0 aromatic heterocycles. The van der Waals surface area contributed by atoms with Crippen molar-refractivity contribution in [2.24, 2.45) is 0 Å². The summed E-state index contributed by atoms with van der Waals surface area (Å²) in [5.41, 5.74) is 4.54. The maximum atomic E-state index is 13.5. The molecule has 0 saturated carbocycles. The molecule has 16 nitrogen and oxygen atoms in total. The van der Waals surface area contributed by atoms with Crippen molar-refractivity contribution in [2.45, 2.75) is 111 Å². The zero-order valence-corrected chi connectivity index (χ0v) is 44.4. The molecule has 0 spiro atoms. The number of hydrogen-bond acceptors (Lipinski definition) is 10. The second-order valence-corrected chi connectivity index (χ2v) is 19.2. The molecule has 0 bridgehead atoms. The van der Waals surface area contributed by atoms with Gasteiger partial charge in [0.25, 0.3) is 11.8 Å². The summed E-state index contributed by atoms with van der Waals surface area (Å²) in [5.74, 6) is 0.287. The number of urea groups is 2. The number of phenols is 2. The number of unbranched alkanes of at least 4 members (excludes halogenated alkanes) is 1. The number of benzene rings is 6. The highest BCUT2D eigenvalue weighted by molar-refractivity contribution is 6.02. The van der Waals surface area contributed by atoms with Crippen molar-refractivity contribution < 1.29 is 48.0 Å². The van der Waals surface area contributed by atoms with Crippen molar-refractivity contribution in [3.05, 3.63) is 150 Å². The largest absolute Gasteiger partial charge is 0.506 e. The van der Waals surface area contributed by atoms with E-state index in [0.29, 0.717) is 52.0 Å². The summed E-state index contributed by atoms with van der Waals surface area (Å²) in [6.07, 6.45) is 2.63. The fourth-order valence-corrected chi connectivity index (χ4v) is 7.30. The number of halogens is 1. The van der Waals surface area contributed by atoms with E-state index in [1.165, 1.54) is 60.2 Å². The van der Waals surface area contributed by atoms with E-state index in [9.17, 15) is 33.8 Å². The molecular formula is C59H68FN7O9. The third-order valence-corrected chi connectivity index (χ3v) is 12.8. The van der Waals surface area contributed by atoms with E-state index in [2.05, 4.69) is 92.5 Å². The molecule has 2 atom stereocenters. The standard InChI is InChI=1S/C35H46FN3O4.C24H22N4O5/c1-8-11-12-31(43-30-20-13-23(34(4,5)9-2)21-27(30)35(6,7)10-3)32(41)37-26-18-19-28(29(40)22-26)39-33(42)38-25-16-14-24(36)15-17-25;1-15(33-20-10-8-19(32-2)9-11-20)23(30)26-18-7-12-21(22(29)13-18)28-24(31)27-17-5-3-16(14-25)4-6-17/h13-22,31,40H,8-12H2,1-7H3,(H,37,41)(H2,38,39,42);3-13,15,29H,1-2H3,(H,26,30)(H2,27,28,31). The Kier molecular flexibility index (Phi) is 20.6. The van der Waals surface area contributed by atoms with Gasteiger partial charge >= 0.3 is 12.1 Å². The average Bonchev–Trinajstić information content (AvgIpc) is 3.40. The number of anilines is 6. The van der Waals surface area contributed by atoms with Crippen LogP contribution in [0.1, 0.15) is 104 Å². The molecule has 0 saturated heterocycles. The smallest absolute Gasteiger partial charge is 0.323 e. The Hall–Kier alpha value is -8.78. The Morgan fingerprint density at radius 3 is 1.59 bits per heavy atom. The van der Waals surface area contributed by atoms with Gasteiger partial charge in [0.05, 0.1) is 30.1 Å². The van der Waals surface area contributed by atoms with Gasteiger partial charge in [-0.1, -0.05) is 67.0 Å². The topological polar surface area (TPSA) is 232 Å². The summed E-state index contributed by atoms with van der Waals surface area (Å²) in [7, 11) is 1.56. The molecule has 17 heteroatoms. The number of carbonyl (C=O) groups is 4. The first-order valence-electron chi connectivity index (χ1n) is 25.0. The van der Waals surface area contributed by atoms with Crippen molar-refractivity contribution >= 4 is 58.0 Å². The molecule has 6 aromatic carbocycles.